The van der Waals surface area contributed by atoms with Crippen LogP contribution in [-0.2, 0) is 7.05 Å². The minimum absolute atomic E-state index is 0.00208. The molecule has 1 aromatic rings. The number of thioether (sulfide) groups is 1. The van der Waals surface area contributed by atoms with E-state index in [0.717, 1.165) is 18.8 Å². The predicted molar refractivity (Wildman–Crippen MR) is 65.4 cm³/mol. The molecule has 0 aromatic carbocycles. The summed E-state index contributed by atoms with van der Waals surface area (Å²) >= 11 is 1.90. The van der Waals surface area contributed by atoms with Gasteiger partial charge in [0.1, 0.15) is 11.4 Å². The van der Waals surface area contributed by atoms with Gasteiger partial charge in [0.15, 0.2) is 0 Å². The van der Waals surface area contributed by atoms with Gasteiger partial charge in [-0.15, -0.1) is 0 Å². The third kappa shape index (κ3) is 2.02. The van der Waals surface area contributed by atoms with Gasteiger partial charge in [-0.05, 0) is 0 Å². The van der Waals surface area contributed by atoms with E-state index in [1.54, 1.807) is 13.2 Å². The van der Waals surface area contributed by atoms with Crippen LogP contribution in [0.15, 0.2) is 6.20 Å². The maximum atomic E-state index is 12.2. The third-order valence-corrected chi connectivity index (χ3v) is 3.88. The van der Waals surface area contributed by atoms with Gasteiger partial charge in [0.2, 0.25) is 0 Å². The van der Waals surface area contributed by atoms with E-state index in [4.69, 9.17) is 5.73 Å². The smallest absolute Gasteiger partial charge is 0.259 e. The van der Waals surface area contributed by atoms with E-state index in [0.29, 0.717) is 16.6 Å². The largest absolute Gasteiger partial charge is 0.383 e. The van der Waals surface area contributed by atoms with Crippen molar-refractivity contribution in [3.63, 3.8) is 0 Å². The SMILES string of the molecule is CC1CN(C(=O)c2cnn(C)c2N)CCS1. The fraction of sp³-hybridized carbons (Fsp3) is 0.600. The number of nitrogen functional groups attached to an aromatic ring is 1. The molecule has 0 aliphatic carbocycles. The summed E-state index contributed by atoms with van der Waals surface area (Å²) in [6, 6.07) is 0. The molecule has 5 nitrogen and oxygen atoms in total. The Morgan fingerprint density at radius 3 is 3.00 bits per heavy atom. The summed E-state index contributed by atoms with van der Waals surface area (Å²) < 4.78 is 1.52. The van der Waals surface area contributed by atoms with Crippen molar-refractivity contribution in [1.29, 1.82) is 0 Å². The summed E-state index contributed by atoms with van der Waals surface area (Å²) in [5.41, 5.74) is 6.31. The zero-order valence-corrected chi connectivity index (χ0v) is 10.3. The van der Waals surface area contributed by atoms with E-state index in [1.165, 1.54) is 4.68 Å². The van der Waals surface area contributed by atoms with E-state index >= 15 is 0 Å². The van der Waals surface area contributed by atoms with Crippen LogP contribution in [0.25, 0.3) is 0 Å². The maximum absolute atomic E-state index is 12.2. The average molecular weight is 240 g/mol. The second-order valence-corrected chi connectivity index (χ2v) is 5.55. The summed E-state index contributed by atoms with van der Waals surface area (Å²) in [5.74, 6) is 1.43. The molecule has 1 aromatic heterocycles. The van der Waals surface area contributed by atoms with Crippen LogP contribution in [0, 0.1) is 0 Å². The number of carbonyl (C=O) groups excluding carboxylic acids is 1. The van der Waals surface area contributed by atoms with Crippen molar-refractivity contribution in [1.82, 2.24) is 14.7 Å². The van der Waals surface area contributed by atoms with E-state index in [1.807, 2.05) is 16.7 Å². The Morgan fingerprint density at radius 1 is 1.69 bits per heavy atom. The van der Waals surface area contributed by atoms with Crippen molar-refractivity contribution in [3.8, 4) is 0 Å². The number of nitrogens with two attached hydrogens (primary N) is 1. The number of nitrogens with zero attached hydrogens (tertiary/aromatic N) is 3. The lowest BCUT2D eigenvalue weighted by Crippen LogP contribution is -2.41. The first kappa shape index (κ1) is 11.3. The molecule has 6 heteroatoms. The molecule has 0 saturated carbocycles. The highest BCUT2D eigenvalue weighted by molar-refractivity contribution is 7.99. The molecule has 0 radical (unpaired) electrons. The Labute approximate surface area is 99.0 Å². The third-order valence-electron chi connectivity index (χ3n) is 2.74. The molecule has 1 saturated heterocycles. The molecule has 1 amide bonds. The molecule has 1 fully saturated rings. The van der Waals surface area contributed by atoms with Gasteiger partial charge in [-0.3, -0.25) is 9.48 Å². The van der Waals surface area contributed by atoms with Gasteiger partial charge >= 0.3 is 0 Å². The fourth-order valence-corrected chi connectivity index (χ4v) is 2.80. The fourth-order valence-electron chi connectivity index (χ4n) is 1.79. The van der Waals surface area contributed by atoms with Gasteiger partial charge in [-0.2, -0.15) is 16.9 Å². The molecule has 1 unspecified atom stereocenters. The lowest BCUT2D eigenvalue weighted by atomic mass is 10.2. The molecule has 2 N–H and O–H groups in total. The average Bonchev–Trinajstić information content (AvgIpc) is 2.59. The first-order valence-electron chi connectivity index (χ1n) is 5.28. The quantitative estimate of drug-likeness (QED) is 0.780. The summed E-state index contributed by atoms with van der Waals surface area (Å²) in [4.78, 5) is 14.0. The van der Waals surface area contributed by atoms with Crippen molar-refractivity contribution in [2.45, 2.75) is 12.2 Å². The lowest BCUT2D eigenvalue weighted by Gasteiger charge is -2.30. The van der Waals surface area contributed by atoms with Crippen molar-refractivity contribution in [3.05, 3.63) is 11.8 Å². The maximum Gasteiger partial charge on any atom is 0.259 e. The molecule has 0 bridgehead atoms. The number of amides is 1. The van der Waals surface area contributed by atoms with Crippen LogP contribution >= 0.6 is 11.8 Å². The van der Waals surface area contributed by atoms with Gasteiger partial charge in [-0.25, -0.2) is 0 Å². The Bertz CT molecular complexity index is 404. The second kappa shape index (κ2) is 4.37. The van der Waals surface area contributed by atoms with Crippen LogP contribution in [0.3, 0.4) is 0 Å². The van der Waals surface area contributed by atoms with E-state index in [9.17, 15) is 4.79 Å². The second-order valence-electron chi connectivity index (χ2n) is 4.00. The number of aryl methyl sites for hydroxylation is 1. The number of carbonyl (C=O) groups is 1. The standard InChI is InChI=1S/C10H16N4OS/c1-7-6-14(3-4-16-7)10(15)8-5-12-13(2)9(8)11/h5,7H,3-4,6,11H2,1-2H3. The molecule has 2 rings (SSSR count). The van der Waals surface area contributed by atoms with Crippen LogP contribution in [0.4, 0.5) is 5.82 Å². The van der Waals surface area contributed by atoms with Crippen molar-refractivity contribution < 1.29 is 4.79 Å². The van der Waals surface area contributed by atoms with E-state index in [2.05, 4.69) is 12.0 Å². The zero-order valence-electron chi connectivity index (χ0n) is 9.51. The Hall–Kier alpha value is -1.17. The molecular weight excluding hydrogens is 224 g/mol. The van der Waals surface area contributed by atoms with Crippen molar-refractivity contribution in [2.75, 3.05) is 24.6 Å². The molecule has 1 atom stereocenters. The van der Waals surface area contributed by atoms with Crippen LogP contribution in [0.2, 0.25) is 0 Å². The van der Waals surface area contributed by atoms with Crippen molar-refractivity contribution >= 4 is 23.5 Å². The lowest BCUT2D eigenvalue weighted by molar-refractivity contribution is 0.0764. The van der Waals surface area contributed by atoms with Gasteiger partial charge in [-0.1, -0.05) is 6.92 Å². The van der Waals surface area contributed by atoms with Gasteiger partial charge in [0, 0.05) is 31.1 Å². The molecule has 2 heterocycles. The summed E-state index contributed by atoms with van der Waals surface area (Å²) in [5, 5.41) is 4.49. The minimum atomic E-state index is -0.00208. The van der Waals surface area contributed by atoms with Gasteiger partial charge in [0.05, 0.1) is 6.20 Å². The number of rotatable bonds is 1. The van der Waals surface area contributed by atoms with Crippen LogP contribution < -0.4 is 5.73 Å². The van der Waals surface area contributed by atoms with Gasteiger partial charge < -0.3 is 10.6 Å². The zero-order chi connectivity index (χ0) is 11.7. The Kier molecular flexibility index (Phi) is 3.09. The molecule has 88 valence electrons. The summed E-state index contributed by atoms with van der Waals surface area (Å²) in [7, 11) is 1.74. The molecule has 0 spiro atoms. The number of hydrogen-bond acceptors (Lipinski definition) is 4. The Morgan fingerprint density at radius 2 is 2.44 bits per heavy atom. The van der Waals surface area contributed by atoms with Gasteiger partial charge in [0.25, 0.3) is 5.91 Å². The number of anilines is 1. The first-order valence-corrected chi connectivity index (χ1v) is 6.33. The normalized spacial score (nSPS) is 21.1. The monoisotopic (exact) mass is 240 g/mol. The molecule has 16 heavy (non-hydrogen) atoms. The van der Waals surface area contributed by atoms with Crippen LogP contribution in [0.1, 0.15) is 17.3 Å². The predicted octanol–water partition coefficient (Wildman–Crippen LogP) is 0.580. The van der Waals surface area contributed by atoms with E-state index in [-0.39, 0.29) is 5.91 Å². The molecular formula is C10H16N4OS. The number of hydrogen-bond donors (Lipinski definition) is 1. The Balaban J connectivity index is 2.15. The molecule has 1 aliphatic heterocycles. The number of aromatic nitrogens is 2. The van der Waals surface area contributed by atoms with Crippen LogP contribution in [-0.4, -0.2) is 44.7 Å². The highest BCUT2D eigenvalue weighted by Crippen LogP contribution is 2.21. The van der Waals surface area contributed by atoms with Crippen molar-refractivity contribution in [2.24, 2.45) is 7.05 Å². The summed E-state index contributed by atoms with van der Waals surface area (Å²) in [6.45, 7) is 3.72. The van der Waals surface area contributed by atoms with Crippen LogP contribution in [0.5, 0.6) is 0 Å². The summed E-state index contributed by atoms with van der Waals surface area (Å²) in [6.07, 6.45) is 1.55. The highest BCUT2D eigenvalue weighted by Gasteiger charge is 2.25. The highest BCUT2D eigenvalue weighted by atomic mass is 32.2. The topological polar surface area (TPSA) is 64.2 Å². The first-order chi connectivity index (χ1) is 7.59. The molecule has 1 aliphatic rings. The van der Waals surface area contributed by atoms with E-state index < -0.39 is 0 Å². The minimum Gasteiger partial charge on any atom is -0.383 e.